The van der Waals surface area contributed by atoms with E-state index in [9.17, 15) is 9.90 Å². The van der Waals surface area contributed by atoms with Crippen molar-refractivity contribution in [1.82, 2.24) is 15.3 Å². The summed E-state index contributed by atoms with van der Waals surface area (Å²) in [5.41, 5.74) is 1.42. The SMILES string of the molecule is CCOC(=O)c1cnc(N2CCOC(CNC(C=Cc3ccccc3)CO)C2)nc1. The molecule has 1 aromatic heterocycles. The zero-order valence-corrected chi connectivity index (χ0v) is 17.1. The van der Waals surface area contributed by atoms with Crippen LogP contribution in [0.2, 0.25) is 0 Å². The largest absolute Gasteiger partial charge is 0.462 e. The maximum Gasteiger partial charge on any atom is 0.341 e. The Hall–Kier alpha value is -2.81. The van der Waals surface area contributed by atoms with Crippen molar-refractivity contribution >= 4 is 18.0 Å². The number of hydrogen-bond acceptors (Lipinski definition) is 8. The smallest absolute Gasteiger partial charge is 0.341 e. The van der Waals surface area contributed by atoms with Crippen molar-refractivity contribution in [2.24, 2.45) is 0 Å². The number of carbonyl (C=O) groups is 1. The van der Waals surface area contributed by atoms with Gasteiger partial charge in [-0.3, -0.25) is 0 Å². The molecule has 0 amide bonds. The van der Waals surface area contributed by atoms with E-state index in [1.54, 1.807) is 6.92 Å². The van der Waals surface area contributed by atoms with Gasteiger partial charge in [-0.1, -0.05) is 42.5 Å². The Bertz CT molecular complexity index is 814. The number of nitrogens with one attached hydrogen (secondary N) is 1. The molecule has 1 aromatic carbocycles. The van der Waals surface area contributed by atoms with Crippen LogP contribution in [-0.4, -0.2) is 72.6 Å². The second-order valence-corrected chi connectivity index (χ2v) is 6.90. The van der Waals surface area contributed by atoms with Crippen LogP contribution in [0.4, 0.5) is 5.95 Å². The molecule has 0 bridgehead atoms. The highest BCUT2D eigenvalue weighted by Gasteiger charge is 2.23. The number of esters is 1. The van der Waals surface area contributed by atoms with Crippen LogP contribution in [0.5, 0.6) is 0 Å². The van der Waals surface area contributed by atoms with Crippen LogP contribution >= 0.6 is 0 Å². The molecule has 8 nitrogen and oxygen atoms in total. The van der Waals surface area contributed by atoms with E-state index in [-0.39, 0.29) is 18.8 Å². The van der Waals surface area contributed by atoms with Crippen molar-refractivity contribution in [3.63, 3.8) is 0 Å². The fourth-order valence-electron chi connectivity index (χ4n) is 3.10. The third-order valence-corrected chi connectivity index (χ3v) is 4.70. The maximum atomic E-state index is 11.7. The van der Waals surface area contributed by atoms with Gasteiger partial charge in [0.1, 0.15) is 0 Å². The second kappa shape index (κ2) is 11.4. The minimum absolute atomic E-state index is 0.00179. The van der Waals surface area contributed by atoms with Crippen molar-refractivity contribution in [2.45, 2.75) is 19.1 Å². The number of benzene rings is 1. The first-order chi connectivity index (χ1) is 14.7. The Morgan fingerprint density at radius 1 is 1.37 bits per heavy atom. The number of morpholine rings is 1. The number of hydrogen-bond donors (Lipinski definition) is 2. The Morgan fingerprint density at radius 3 is 2.83 bits per heavy atom. The first kappa shape index (κ1) is 21.9. The van der Waals surface area contributed by atoms with E-state index < -0.39 is 5.97 Å². The average Bonchev–Trinajstić information content (AvgIpc) is 2.80. The number of anilines is 1. The lowest BCUT2D eigenvalue weighted by molar-refractivity contribution is 0.0382. The lowest BCUT2D eigenvalue weighted by Gasteiger charge is -2.33. The van der Waals surface area contributed by atoms with Gasteiger partial charge in [0.15, 0.2) is 0 Å². The third-order valence-electron chi connectivity index (χ3n) is 4.70. The Kier molecular flexibility index (Phi) is 8.31. The van der Waals surface area contributed by atoms with Crippen molar-refractivity contribution < 1.29 is 19.4 Å². The van der Waals surface area contributed by atoms with Crippen molar-refractivity contribution in [3.8, 4) is 0 Å². The minimum Gasteiger partial charge on any atom is -0.462 e. The molecule has 0 radical (unpaired) electrons. The monoisotopic (exact) mass is 412 g/mol. The molecule has 8 heteroatoms. The highest BCUT2D eigenvalue weighted by atomic mass is 16.5. The van der Waals surface area contributed by atoms with Crippen LogP contribution in [0, 0.1) is 0 Å². The predicted molar refractivity (Wildman–Crippen MR) is 114 cm³/mol. The zero-order chi connectivity index (χ0) is 21.2. The number of ether oxygens (including phenoxy) is 2. The summed E-state index contributed by atoms with van der Waals surface area (Å²) in [6, 6.07) is 9.80. The third kappa shape index (κ3) is 6.35. The molecule has 1 saturated heterocycles. The first-order valence-electron chi connectivity index (χ1n) is 10.1. The topological polar surface area (TPSA) is 96.8 Å². The molecule has 0 spiro atoms. The van der Waals surface area contributed by atoms with E-state index in [2.05, 4.69) is 15.3 Å². The summed E-state index contributed by atoms with van der Waals surface area (Å²) >= 11 is 0. The highest BCUT2D eigenvalue weighted by molar-refractivity contribution is 5.88. The Balaban J connectivity index is 1.51. The molecule has 2 heterocycles. The Morgan fingerprint density at radius 2 is 2.13 bits per heavy atom. The Labute approximate surface area is 176 Å². The van der Waals surface area contributed by atoms with Crippen LogP contribution in [0.15, 0.2) is 48.8 Å². The molecule has 160 valence electrons. The lowest BCUT2D eigenvalue weighted by atomic mass is 10.1. The number of rotatable bonds is 9. The van der Waals surface area contributed by atoms with E-state index in [1.807, 2.05) is 47.4 Å². The predicted octanol–water partition coefficient (Wildman–Crippen LogP) is 1.52. The summed E-state index contributed by atoms with van der Waals surface area (Å²) in [5, 5.41) is 13.0. The van der Waals surface area contributed by atoms with E-state index >= 15 is 0 Å². The number of carbonyl (C=O) groups excluding carboxylic acids is 1. The molecule has 1 fully saturated rings. The summed E-state index contributed by atoms with van der Waals surface area (Å²) in [6.07, 6.45) is 6.85. The van der Waals surface area contributed by atoms with Gasteiger partial charge in [0.25, 0.3) is 0 Å². The molecular formula is C22H28N4O4. The number of aromatic nitrogens is 2. The summed E-state index contributed by atoms with van der Waals surface area (Å²) < 4.78 is 10.8. The number of aliphatic hydroxyl groups excluding tert-OH is 1. The van der Waals surface area contributed by atoms with Gasteiger partial charge in [0, 0.05) is 38.1 Å². The van der Waals surface area contributed by atoms with Crippen LogP contribution in [0.25, 0.3) is 6.08 Å². The molecular weight excluding hydrogens is 384 g/mol. The molecule has 2 atom stereocenters. The summed E-state index contributed by atoms with van der Waals surface area (Å²) in [7, 11) is 0. The van der Waals surface area contributed by atoms with Crippen molar-refractivity contribution in [1.29, 1.82) is 0 Å². The van der Waals surface area contributed by atoms with E-state index in [0.717, 1.165) is 5.56 Å². The second-order valence-electron chi connectivity index (χ2n) is 6.90. The minimum atomic E-state index is -0.424. The molecule has 2 aromatic rings. The van der Waals surface area contributed by atoms with Gasteiger partial charge in [-0.05, 0) is 12.5 Å². The molecule has 0 saturated carbocycles. The van der Waals surface area contributed by atoms with Crippen molar-refractivity contribution in [2.75, 3.05) is 44.4 Å². The standard InChI is InChI=1S/C22H28N4O4/c1-2-29-21(28)18-12-24-22(25-13-18)26-10-11-30-20(15-26)14-23-19(16-27)9-8-17-6-4-3-5-7-17/h3-9,12-13,19-20,23,27H,2,10-11,14-16H2,1H3. The molecule has 2 unspecified atom stereocenters. The van der Waals surface area contributed by atoms with Gasteiger partial charge in [-0.2, -0.15) is 0 Å². The van der Waals surface area contributed by atoms with Gasteiger partial charge < -0.3 is 24.8 Å². The molecule has 0 aliphatic carbocycles. The van der Waals surface area contributed by atoms with Crippen molar-refractivity contribution in [3.05, 3.63) is 59.9 Å². The quantitative estimate of drug-likeness (QED) is 0.599. The molecule has 2 N–H and O–H groups in total. The van der Waals surface area contributed by atoms with Crippen LogP contribution in [-0.2, 0) is 9.47 Å². The van der Waals surface area contributed by atoms with Gasteiger partial charge in [0.05, 0.1) is 31.5 Å². The van der Waals surface area contributed by atoms with Gasteiger partial charge in [0.2, 0.25) is 5.95 Å². The number of nitrogens with zero attached hydrogens (tertiary/aromatic N) is 3. The summed E-state index contributed by atoms with van der Waals surface area (Å²) in [4.78, 5) is 22.4. The van der Waals surface area contributed by atoms with Crippen LogP contribution < -0.4 is 10.2 Å². The zero-order valence-electron chi connectivity index (χ0n) is 17.1. The lowest BCUT2D eigenvalue weighted by Crippen LogP contribution is -2.49. The summed E-state index contributed by atoms with van der Waals surface area (Å²) in [5.74, 6) is 0.130. The molecule has 30 heavy (non-hydrogen) atoms. The maximum absolute atomic E-state index is 11.7. The summed E-state index contributed by atoms with van der Waals surface area (Å²) in [6.45, 7) is 4.50. The van der Waals surface area contributed by atoms with Gasteiger partial charge in [-0.25, -0.2) is 14.8 Å². The van der Waals surface area contributed by atoms with E-state index in [0.29, 0.717) is 44.4 Å². The first-order valence-corrected chi connectivity index (χ1v) is 10.1. The fourth-order valence-corrected chi connectivity index (χ4v) is 3.10. The highest BCUT2D eigenvalue weighted by Crippen LogP contribution is 2.13. The molecule has 1 aliphatic rings. The van der Waals surface area contributed by atoms with Crippen LogP contribution in [0.1, 0.15) is 22.8 Å². The fraction of sp³-hybridized carbons (Fsp3) is 0.409. The van der Waals surface area contributed by atoms with E-state index in [4.69, 9.17) is 9.47 Å². The molecule has 1 aliphatic heterocycles. The number of aliphatic hydroxyl groups is 1. The average molecular weight is 412 g/mol. The van der Waals surface area contributed by atoms with Crippen LogP contribution in [0.3, 0.4) is 0 Å². The van der Waals surface area contributed by atoms with Gasteiger partial charge >= 0.3 is 5.97 Å². The molecule has 3 rings (SSSR count). The normalized spacial score (nSPS) is 17.8. The van der Waals surface area contributed by atoms with E-state index in [1.165, 1.54) is 12.4 Å². The van der Waals surface area contributed by atoms with Gasteiger partial charge in [-0.15, -0.1) is 0 Å².